The predicted molar refractivity (Wildman–Crippen MR) is 246 cm³/mol. The fourth-order valence-corrected chi connectivity index (χ4v) is 8.59. The lowest BCUT2D eigenvalue weighted by atomic mass is 10.0. The van der Waals surface area contributed by atoms with E-state index in [0.717, 1.165) is 38.5 Å². The summed E-state index contributed by atoms with van der Waals surface area (Å²) in [5.74, 6) is -0.189. The summed E-state index contributed by atoms with van der Waals surface area (Å²) in [5.41, 5.74) is 0. The fourth-order valence-electron chi connectivity index (χ4n) is 8.23. The topological polar surface area (TPSA) is 116 Å². The van der Waals surface area contributed by atoms with Crippen LogP contribution in [0.2, 0.25) is 0 Å². The Bertz CT molecular complexity index is 854. The SMILES string of the molecule is CCCCCCCCCCCCCCCCCCCCCCCCCCCCCCCCCCC(=O)N[C@@H](COP(=O)(O)O)[C@H](O)CCCCCCCCCCC. The Morgan fingerprint density at radius 3 is 0.947 bits per heavy atom. The number of unbranched alkanes of at least 4 members (excludes halogenated alkanes) is 39. The molecule has 0 aliphatic rings. The van der Waals surface area contributed by atoms with Gasteiger partial charge in [-0.25, -0.2) is 4.57 Å². The molecule has 0 radical (unpaired) electrons. The van der Waals surface area contributed by atoms with Crippen molar-refractivity contribution in [2.24, 2.45) is 0 Å². The number of hydrogen-bond donors (Lipinski definition) is 4. The second kappa shape index (κ2) is 45.1. The molecule has 0 spiro atoms. The Balaban J connectivity index is 3.56. The lowest BCUT2D eigenvalue weighted by molar-refractivity contribution is -0.123. The largest absolute Gasteiger partial charge is 0.469 e. The smallest absolute Gasteiger partial charge is 0.391 e. The minimum absolute atomic E-state index is 0.189. The predicted octanol–water partition coefficient (Wildman–Crippen LogP) is 15.8. The lowest BCUT2D eigenvalue weighted by Crippen LogP contribution is -2.46. The highest BCUT2D eigenvalue weighted by atomic mass is 31.2. The number of hydrogen-bond acceptors (Lipinski definition) is 4. The zero-order valence-corrected chi connectivity index (χ0v) is 39.2. The third kappa shape index (κ3) is 46.5. The first-order chi connectivity index (χ1) is 27.8. The molecule has 1 amide bonds. The summed E-state index contributed by atoms with van der Waals surface area (Å²) in [5, 5.41) is 13.5. The number of rotatable bonds is 48. The van der Waals surface area contributed by atoms with Crippen LogP contribution in [-0.4, -0.2) is 39.6 Å². The highest BCUT2D eigenvalue weighted by Crippen LogP contribution is 2.36. The van der Waals surface area contributed by atoms with Gasteiger partial charge in [-0.2, -0.15) is 0 Å². The van der Waals surface area contributed by atoms with Crippen LogP contribution in [0.15, 0.2) is 0 Å². The maximum Gasteiger partial charge on any atom is 0.469 e. The first kappa shape index (κ1) is 56.5. The second-order valence-electron chi connectivity index (χ2n) is 17.9. The van der Waals surface area contributed by atoms with E-state index in [1.165, 1.54) is 225 Å². The van der Waals surface area contributed by atoms with Gasteiger partial charge in [-0.1, -0.05) is 271 Å². The number of aliphatic hydroxyl groups excluding tert-OH is 1. The molecular formula is C49H100NO6P. The van der Waals surface area contributed by atoms with Crippen molar-refractivity contribution in [3.05, 3.63) is 0 Å². The molecule has 0 bridgehead atoms. The number of phosphoric acid groups is 1. The molecule has 7 nitrogen and oxygen atoms in total. The third-order valence-corrected chi connectivity index (χ3v) is 12.6. The van der Waals surface area contributed by atoms with Gasteiger partial charge in [0.1, 0.15) is 0 Å². The maximum absolute atomic E-state index is 12.6. The lowest BCUT2D eigenvalue weighted by Gasteiger charge is -2.24. The minimum atomic E-state index is -4.68. The molecule has 0 aliphatic carbocycles. The number of phosphoric ester groups is 1. The molecule has 0 rings (SSSR count). The molecule has 2 atom stereocenters. The minimum Gasteiger partial charge on any atom is -0.391 e. The number of carbonyl (C=O) groups is 1. The van der Waals surface area contributed by atoms with Crippen molar-refractivity contribution in [2.75, 3.05) is 6.61 Å². The Kier molecular flexibility index (Phi) is 44.7. The van der Waals surface area contributed by atoms with E-state index in [1.54, 1.807) is 0 Å². The van der Waals surface area contributed by atoms with Gasteiger partial charge < -0.3 is 20.2 Å². The Labute approximate surface area is 355 Å². The molecule has 0 aromatic carbocycles. The normalized spacial score (nSPS) is 13.0. The van der Waals surface area contributed by atoms with Crippen molar-refractivity contribution in [1.82, 2.24) is 5.32 Å². The second-order valence-corrected chi connectivity index (χ2v) is 19.1. The number of amides is 1. The van der Waals surface area contributed by atoms with Gasteiger partial charge >= 0.3 is 7.82 Å². The average molecular weight is 830 g/mol. The van der Waals surface area contributed by atoms with E-state index in [1.807, 2.05) is 0 Å². The summed E-state index contributed by atoms with van der Waals surface area (Å²) < 4.78 is 15.9. The summed E-state index contributed by atoms with van der Waals surface area (Å²) in [6.07, 6.45) is 54.4. The quantitative estimate of drug-likeness (QED) is 0.0358. The summed E-state index contributed by atoms with van der Waals surface area (Å²) in [4.78, 5) is 30.9. The Morgan fingerprint density at radius 2 is 0.684 bits per heavy atom. The molecule has 0 heterocycles. The Morgan fingerprint density at radius 1 is 0.439 bits per heavy atom. The van der Waals surface area contributed by atoms with Crippen LogP contribution in [0.3, 0.4) is 0 Å². The zero-order valence-electron chi connectivity index (χ0n) is 38.3. The van der Waals surface area contributed by atoms with Gasteiger partial charge in [0, 0.05) is 6.42 Å². The van der Waals surface area contributed by atoms with Crippen LogP contribution in [0, 0.1) is 0 Å². The molecule has 0 fully saturated rings. The highest BCUT2D eigenvalue weighted by molar-refractivity contribution is 7.46. The summed E-state index contributed by atoms with van der Waals surface area (Å²) in [6, 6.07) is -0.817. The molecule has 0 saturated heterocycles. The average Bonchev–Trinajstić information content (AvgIpc) is 3.18. The summed E-state index contributed by atoms with van der Waals surface area (Å²) >= 11 is 0. The van der Waals surface area contributed by atoms with Crippen LogP contribution in [-0.2, 0) is 13.9 Å². The molecule has 342 valence electrons. The molecule has 57 heavy (non-hydrogen) atoms. The van der Waals surface area contributed by atoms with E-state index < -0.39 is 26.6 Å². The van der Waals surface area contributed by atoms with Gasteiger partial charge in [-0.3, -0.25) is 9.32 Å². The van der Waals surface area contributed by atoms with Gasteiger partial charge in [0.15, 0.2) is 0 Å². The van der Waals surface area contributed by atoms with Crippen LogP contribution in [0.25, 0.3) is 0 Å². The third-order valence-electron chi connectivity index (χ3n) is 12.1. The molecule has 0 aromatic heterocycles. The van der Waals surface area contributed by atoms with Gasteiger partial charge in [-0.05, 0) is 12.8 Å². The monoisotopic (exact) mass is 830 g/mol. The molecule has 0 aliphatic heterocycles. The van der Waals surface area contributed by atoms with Gasteiger partial charge in [-0.15, -0.1) is 0 Å². The molecular weight excluding hydrogens is 730 g/mol. The first-order valence-electron chi connectivity index (χ1n) is 25.5. The van der Waals surface area contributed by atoms with Crippen LogP contribution in [0.1, 0.15) is 290 Å². The van der Waals surface area contributed by atoms with E-state index >= 15 is 0 Å². The van der Waals surface area contributed by atoms with Crippen LogP contribution >= 0.6 is 7.82 Å². The number of nitrogens with one attached hydrogen (secondary N) is 1. The van der Waals surface area contributed by atoms with E-state index in [0.29, 0.717) is 12.8 Å². The Hall–Kier alpha value is -0.460. The van der Waals surface area contributed by atoms with Crippen LogP contribution in [0.4, 0.5) is 0 Å². The molecule has 0 unspecified atom stereocenters. The van der Waals surface area contributed by atoms with Gasteiger partial charge in [0.2, 0.25) is 5.91 Å². The first-order valence-corrected chi connectivity index (χ1v) is 27.0. The van der Waals surface area contributed by atoms with Crippen LogP contribution in [0.5, 0.6) is 0 Å². The van der Waals surface area contributed by atoms with E-state index in [2.05, 4.69) is 23.7 Å². The standard InChI is InChI=1S/C49H100NO6P/c1-3-5-7-9-11-13-14-15-16-17-18-19-20-21-22-23-24-25-26-27-28-29-30-31-32-33-34-35-37-39-41-43-45-49(52)50-47(46-56-57(53,54)55)48(51)44-42-40-38-36-12-10-8-6-4-2/h47-48,51H,3-46H2,1-2H3,(H,50,52)(H2,53,54,55)/t47-,48+/m0/s1. The van der Waals surface area contributed by atoms with Crippen molar-refractivity contribution >= 4 is 13.7 Å². The fraction of sp³-hybridized carbons (Fsp3) is 0.980. The van der Waals surface area contributed by atoms with E-state index in [-0.39, 0.29) is 5.91 Å². The molecule has 0 saturated carbocycles. The van der Waals surface area contributed by atoms with Crippen molar-refractivity contribution in [3.8, 4) is 0 Å². The van der Waals surface area contributed by atoms with Crippen molar-refractivity contribution in [1.29, 1.82) is 0 Å². The molecule has 0 aromatic rings. The van der Waals surface area contributed by atoms with E-state index in [9.17, 15) is 14.5 Å². The molecule has 4 N–H and O–H groups in total. The molecule has 8 heteroatoms. The zero-order chi connectivity index (χ0) is 41.8. The maximum atomic E-state index is 12.6. The summed E-state index contributed by atoms with van der Waals surface area (Å²) in [6.45, 7) is 4.12. The van der Waals surface area contributed by atoms with Gasteiger partial charge in [0.25, 0.3) is 0 Å². The van der Waals surface area contributed by atoms with Gasteiger partial charge in [0.05, 0.1) is 18.8 Å². The van der Waals surface area contributed by atoms with Crippen molar-refractivity contribution in [2.45, 2.75) is 302 Å². The van der Waals surface area contributed by atoms with E-state index in [4.69, 9.17) is 9.79 Å². The highest BCUT2D eigenvalue weighted by Gasteiger charge is 2.25. The number of carbonyl (C=O) groups excluding carboxylic acids is 1. The summed E-state index contributed by atoms with van der Waals surface area (Å²) in [7, 11) is -4.68. The van der Waals surface area contributed by atoms with Crippen LogP contribution < -0.4 is 5.32 Å². The van der Waals surface area contributed by atoms with Crippen molar-refractivity contribution < 1.29 is 28.8 Å². The van der Waals surface area contributed by atoms with Crippen molar-refractivity contribution in [3.63, 3.8) is 0 Å². The number of aliphatic hydroxyl groups is 1.